The van der Waals surface area contributed by atoms with Gasteiger partial charge < -0.3 is 10.4 Å². The second kappa shape index (κ2) is 6.69. The molecule has 0 bridgehead atoms. The van der Waals surface area contributed by atoms with E-state index in [1.54, 1.807) is 12.1 Å². The predicted octanol–water partition coefficient (Wildman–Crippen LogP) is 3.80. The van der Waals surface area contributed by atoms with Crippen molar-refractivity contribution in [1.82, 2.24) is 5.32 Å². The first-order valence-electron chi connectivity index (χ1n) is 7.35. The van der Waals surface area contributed by atoms with Crippen molar-refractivity contribution in [3.8, 4) is 0 Å². The van der Waals surface area contributed by atoms with Crippen LogP contribution in [-0.4, -0.2) is 11.7 Å². The molecule has 22 heavy (non-hydrogen) atoms. The van der Waals surface area contributed by atoms with Crippen LogP contribution in [0.15, 0.2) is 66.7 Å². The maximum Gasteiger partial charge on any atom is 0.123 e. The Morgan fingerprint density at radius 3 is 2.45 bits per heavy atom. The highest BCUT2D eigenvalue weighted by atomic mass is 19.1. The van der Waals surface area contributed by atoms with Crippen LogP contribution in [-0.2, 0) is 6.54 Å². The molecular weight excluding hydrogens is 277 g/mol. The Labute approximate surface area is 129 Å². The number of benzene rings is 3. The summed E-state index contributed by atoms with van der Waals surface area (Å²) in [6.07, 6.45) is -0.643. The summed E-state index contributed by atoms with van der Waals surface area (Å²) < 4.78 is 12.9. The normalized spacial score (nSPS) is 12.5. The van der Waals surface area contributed by atoms with Crippen molar-refractivity contribution in [2.75, 3.05) is 6.54 Å². The fraction of sp³-hybridized carbons (Fsp3) is 0.158. The van der Waals surface area contributed by atoms with E-state index in [0.29, 0.717) is 18.7 Å². The van der Waals surface area contributed by atoms with Crippen LogP contribution in [0.1, 0.15) is 17.2 Å². The molecule has 0 unspecified atom stereocenters. The van der Waals surface area contributed by atoms with Gasteiger partial charge in [0, 0.05) is 13.1 Å². The Balaban J connectivity index is 1.63. The van der Waals surface area contributed by atoms with Crippen molar-refractivity contribution in [1.29, 1.82) is 0 Å². The van der Waals surface area contributed by atoms with Crippen LogP contribution in [0.4, 0.5) is 4.39 Å². The van der Waals surface area contributed by atoms with E-state index >= 15 is 0 Å². The maximum absolute atomic E-state index is 12.9. The first-order valence-corrected chi connectivity index (χ1v) is 7.35. The number of aliphatic hydroxyl groups excluding tert-OH is 1. The summed E-state index contributed by atoms with van der Waals surface area (Å²) in [7, 11) is 0. The number of aliphatic hydroxyl groups is 1. The molecule has 0 saturated carbocycles. The third kappa shape index (κ3) is 3.32. The minimum Gasteiger partial charge on any atom is -0.387 e. The molecule has 0 saturated heterocycles. The highest BCUT2D eigenvalue weighted by Crippen LogP contribution is 2.18. The number of rotatable bonds is 5. The lowest BCUT2D eigenvalue weighted by molar-refractivity contribution is 0.174. The van der Waals surface area contributed by atoms with Crippen molar-refractivity contribution in [3.63, 3.8) is 0 Å². The summed E-state index contributed by atoms with van der Waals surface area (Å²) >= 11 is 0. The largest absolute Gasteiger partial charge is 0.387 e. The fourth-order valence-electron chi connectivity index (χ4n) is 2.59. The second-order valence-corrected chi connectivity index (χ2v) is 5.34. The van der Waals surface area contributed by atoms with Gasteiger partial charge in [0.2, 0.25) is 0 Å². The van der Waals surface area contributed by atoms with Gasteiger partial charge in [0.05, 0.1) is 6.10 Å². The first-order chi connectivity index (χ1) is 10.7. The number of fused-ring (bicyclic) bond motifs is 1. The van der Waals surface area contributed by atoms with Crippen LogP contribution in [0.5, 0.6) is 0 Å². The summed E-state index contributed by atoms with van der Waals surface area (Å²) in [6.45, 7) is 1.11. The Kier molecular flexibility index (Phi) is 4.47. The molecule has 0 fully saturated rings. The van der Waals surface area contributed by atoms with Crippen LogP contribution in [0.2, 0.25) is 0 Å². The average molecular weight is 295 g/mol. The van der Waals surface area contributed by atoms with Gasteiger partial charge in [-0.2, -0.15) is 0 Å². The summed E-state index contributed by atoms with van der Waals surface area (Å²) in [5.41, 5.74) is 1.91. The molecule has 3 rings (SSSR count). The van der Waals surface area contributed by atoms with E-state index in [9.17, 15) is 9.50 Å². The number of hydrogen-bond acceptors (Lipinski definition) is 2. The van der Waals surface area contributed by atoms with Gasteiger partial charge in [0.25, 0.3) is 0 Å². The molecule has 0 aliphatic heterocycles. The molecule has 0 radical (unpaired) electrons. The van der Waals surface area contributed by atoms with E-state index in [0.717, 1.165) is 0 Å². The van der Waals surface area contributed by atoms with Gasteiger partial charge in [-0.15, -0.1) is 0 Å². The first kappa shape index (κ1) is 14.7. The topological polar surface area (TPSA) is 32.3 Å². The zero-order valence-corrected chi connectivity index (χ0v) is 12.2. The number of nitrogens with one attached hydrogen (secondary N) is 1. The van der Waals surface area contributed by atoms with Gasteiger partial charge in [-0.3, -0.25) is 0 Å². The van der Waals surface area contributed by atoms with Gasteiger partial charge >= 0.3 is 0 Å². The van der Waals surface area contributed by atoms with Crippen molar-refractivity contribution in [2.45, 2.75) is 12.6 Å². The summed E-state index contributed by atoms with van der Waals surface area (Å²) in [5.74, 6) is -0.292. The molecular formula is C19H18FNO. The molecule has 3 heteroatoms. The van der Waals surface area contributed by atoms with Crippen molar-refractivity contribution in [2.24, 2.45) is 0 Å². The quantitative estimate of drug-likeness (QED) is 0.750. The van der Waals surface area contributed by atoms with Gasteiger partial charge in [-0.05, 0) is 34.0 Å². The second-order valence-electron chi connectivity index (χ2n) is 5.34. The Hall–Kier alpha value is -2.23. The Bertz CT molecular complexity index is 749. The summed E-state index contributed by atoms with van der Waals surface area (Å²) in [6, 6.07) is 20.4. The van der Waals surface area contributed by atoms with E-state index in [4.69, 9.17) is 0 Å². The SMILES string of the molecule is O[C@@H](CNCc1cccc2ccccc12)c1ccc(F)cc1. The zero-order chi connectivity index (χ0) is 15.4. The number of hydrogen-bond donors (Lipinski definition) is 2. The van der Waals surface area contributed by atoms with E-state index in [1.165, 1.54) is 28.5 Å². The molecule has 0 aliphatic carbocycles. The lowest BCUT2D eigenvalue weighted by atomic mass is 10.0. The third-order valence-corrected chi connectivity index (χ3v) is 3.79. The van der Waals surface area contributed by atoms with E-state index in [-0.39, 0.29) is 5.82 Å². The lowest BCUT2D eigenvalue weighted by Gasteiger charge is -2.13. The Morgan fingerprint density at radius 2 is 1.64 bits per heavy atom. The summed E-state index contributed by atoms with van der Waals surface area (Å²) in [5, 5.41) is 15.8. The standard InChI is InChI=1S/C19H18FNO/c20-17-10-8-15(9-11-17)19(22)13-21-12-16-6-3-5-14-4-1-2-7-18(14)16/h1-11,19,21-22H,12-13H2/t19-/m0/s1. The average Bonchev–Trinajstić information content (AvgIpc) is 2.55. The molecule has 3 aromatic carbocycles. The van der Waals surface area contributed by atoms with Crippen LogP contribution >= 0.6 is 0 Å². The molecule has 2 N–H and O–H groups in total. The van der Waals surface area contributed by atoms with Crippen LogP contribution in [0, 0.1) is 5.82 Å². The fourth-order valence-corrected chi connectivity index (χ4v) is 2.59. The van der Waals surface area contributed by atoms with E-state index in [2.05, 4.69) is 29.6 Å². The minimum atomic E-state index is -0.643. The van der Waals surface area contributed by atoms with Crippen molar-refractivity contribution >= 4 is 10.8 Å². The monoisotopic (exact) mass is 295 g/mol. The Morgan fingerprint density at radius 1 is 0.909 bits per heavy atom. The number of halogens is 1. The van der Waals surface area contributed by atoms with Gasteiger partial charge in [0.1, 0.15) is 5.82 Å². The van der Waals surface area contributed by atoms with Crippen LogP contribution < -0.4 is 5.32 Å². The van der Waals surface area contributed by atoms with E-state index < -0.39 is 6.10 Å². The molecule has 0 spiro atoms. The summed E-state index contributed by atoms with van der Waals surface area (Å²) in [4.78, 5) is 0. The highest BCUT2D eigenvalue weighted by Gasteiger charge is 2.07. The molecule has 3 aromatic rings. The molecule has 1 atom stereocenters. The van der Waals surface area contributed by atoms with Crippen LogP contribution in [0.3, 0.4) is 0 Å². The van der Waals surface area contributed by atoms with Gasteiger partial charge in [-0.1, -0.05) is 54.6 Å². The zero-order valence-electron chi connectivity index (χ0n) is 12.2. The molecule has 2 nitrogen and oxygen atoms in total. The molecule has 0 aliphatic rings. The van der Waals surface area contributed by atoms with Crippen molar-refractivity contribution in [3.05, 3.63) is 83.7 Å². The molecule has 0 amide bonds. The van der Waals surface area contributed by atoms with Crippen LogP contribution in [0.25, 0.3) is 10.8 Å². The maximum atomic E-state index is 12.9. The van der Waals surface area contributed by atoms with Gasteiger partial charge in [0.15, 0.2) is 0 Å². The van der Waals surface area contributed by atoms with Crippen molar-refractivity contribution < 1.29 is 9.50 Å². The molecule has 0 aromatic heterocycles. The highest BCUT2D eigenvalue weighted by molar-refractivity contribution is 5.85. The predicted molar refractivity (Wildman–Crippen MR) is 87.0 cm³/mol. The third-order valence-electron chi connectivity index (χ3n) is 3.79. The van der Waals surface area contributed by atoms with E-state index in [1.807, 2.05) is 18.2 Å². The smallest absolute Gasteiger partial charge is 0.123 e. The minimum absolute atomic E-state index is 0.292. The van der Waals surface area contributed by atoms with Gasteiger partial charge in [-0.25, -0.2) is 4.39 Å². The lowest BCUT2D eigenvalue weighted by Crippen LogP contribution is -2.21. The molecule has 0 heterocycles. The molecule has 112 valence electrons.